The monoisotopic (exact) mass is 390 g/mol. The molecule has 6 nitrogen and oxygen atoms in total. The Morgan fingerprint density at radius 1 is 0.931 bits per heavy atom. The van der Waals surface area contributed by atoms with Gasteiger partial charge in [0.15, 0.2) is 5.65 Å². The van der Waals surface area contributed by atoms with E-state index in [-0.39, 0.29) is 0 Å². The standard InChI is InChI=1S/C23H30N6/c24-21-20-18-11-14-28(15-17-9-5-4-6-10-17)16-19(18)23(25-22(20)27-26-21)29-12-7-2-1-3-8-13-29/h4-6,9-10H,1-3,7-8,11-16H2,(H3,24,25,26,27). The number of hydrogen-bond donors (Lipinski definition) is 2. The number of benzene rings is 1. The van der Waals surface area contributed by atoms with Crippen LogP contribution in [0.3, 0.4) is 0 Å². The average Bonchev–Trinajstić information content (AvgIpc) is 3.09. The van der Waals surface area contributed by atoms with Crippen molar-refractivity contribution < 1.29 is 0 Å². The van der Waals surface area contributed by atoms with Gasteiger partial charge in [-0.2, -0.15) is 5.10 Å². The Kier molecular flexibility index (Phi) is 5.10. The molecule has 4 heterocycles. The van der Waals surface area contributed by atoms with E-state index < -0.39 is 0 Å². The molecule has 6 heteroatoms. The molecule has 1 aromatic carbocycles. The van der Waals surface area contributed by atoms with Gasteiger partial charge < -0.3 is 10.6 Å². The summed E-state index contributed by atoms with van der Waals surface area (Å²) in [6.07, 6.45) is 7.47. The number of H-pyrrole nitrogens is 1. The molecule has 2 aromatic heterocycles. The number of aromatic nitrogens is 3. The molecule has 3 N–H and O–H groups in total. The SMILES string of the molecule is Nc1[nH]nc2nc(N3CCCCCCC3)c3c(c12)CCN(Cc1ccccc1)C3. The molecule has 0 unspecified atom stereocenters. The van der Waals surface area contributed by atoms with Gasteiger partial charge in [0.25, 0.3) is 0 Å². The summed E-state index contributed by atoms with van der Waals surface area (Å²) in [5.41, 5.74) is 11.1. The lowest BCUT2D eigenvalue weighted by Gasteiger charge is -2.34. The van der Waals surface area contributed by atoms with E-state index in [1.54, 1.807) is 0 Å². The zero-order chi connectivity index (χ0) is 19.6. The van der Waals surface area contributed by atoms with E-state index in [0.717, 1.165) is 56.0 Å². The predicted molar refractivity (Wildman–Crippen MR) is 118 cm³/mol. The van der Waals surface area contributed by atoms with Crippen LogP contribution in [0, 0.1) is 0 Å². The zero-order valence-corrected chi connectivity index (χ0v) is 17.0. The van der Waals surface area contributed by atoms with Gasteiger partial charge in [-0.3, -0.25) is 10.00 Å². The quantitative estimate of drug-likeness (QED) is 0.710. The van der Waals surface area contributed by atoms with Crippen LogP contribution in [0.1, 0.15) is 48.8 Å². The topological polar surface area (TPSA) is 74.1 Å². The summed E-state index contributed by atoms with van der Waals surface area (Å²) in [4.78, 5) is 10.1. The summed E-state index contributed by atoms with van der Waals surface area (Å²) < 4.78 is 0. The van der Waals surface area contributed by atoms with Crippen molar-refractivity contribution in [1.82, 2.24) is 20.1 Å². The maximum atomic E-state index is 6.25. The number of nitrogens with one attached hydrogen (secondary N) is 1. The molecule has 0 aliphatic carbocycles. The molecular weight excluding hydrogens is 360 g/mol. The first-order valence-corrected chi connectivity index (χ1v) is 11.0. The summed E-state index contributed by atoms with van der Waals surface area (Å²) in [7, 11) is 0. The Hall–Kier alpha value is -2.60. The normalized spacial score (nSPS) is 18.4. The van der Waals surface area contributed by atoms with Crippen LogP contribution >= 0.6 is 0 Å². The van der Waals surface area contributed by atoms with E-state index >= 15 is 0 Å². The minimum atomic E-state index is 0.652. The Labute approximate surface area is 172 Å². The second-order valence-electron chi connectivity index (χ2n) is 8.43. The van der Waals surface area contributed by atoms with Gasteiger partial charge in [0.1, 0.15) is 11.6 Å². The lowest BCUT2D eigenvalue weighted by Crippen LogP contribution is -2.34. The van der Waals surface area contributed by atoms with Gasteiger partial charge in [-0.05, 0) is 30.4 Å². The van der Waals surface area contributed by atoms with E-state index in [0.29, 0.717) is 5.82 Å². The van der Waals surface area contributed by atoms with Crippen LogP contribution in [0.2, 0.25) is 0 Å². The molecule has 3 aromatic rings. The van der Waals surface area contributed by atoms with E-state index in [9.17, 15) is 0 Å². The number of aromatic amines is 1. The molecule has 0 atom stereocenters. The largest absolute Gasteiger partial charge is 0.384 e. The molecule has 0 radical (unpaired) electrons. The van der Waals surface area contributed by atoms with Crippen molar-refractivity contribution >= 4 is 22.7 Å². The van der Waals surface area contributed by atoms with Crippen molar-refractivity contribution in [3.8, 4) is 0 Å². The Balaban J connectivity index is 1.52. The van der Waals surface area contributed by atoms with Gasteiger partial charge in [0, 0.05) is 38.3 Å². The number of anilines is 2. The first-order chi connectivity index (χ1) is 14.3. The third kappa shape index (κ3) is 3.69. The third-order valence-corrected chi connectivity index (χ3v) is 6.39. The molecule has 152 valence electrons. The highest BCUT2D eigenvalue weighted by Gasteiger charge is 2.27. The molecule has 2 aliphatic rings. The molecule has 29 heavy (non-hydrogen) atoms. The second-order valence-corrected chi connectivity index (χ2v) is 8.43. The Bertz CT molecular complexity index is 972. The number of nitrogens with two attached hydrogens (primary N) is 1. The fourth-order valence-electron chi connectivity index (χ4n) is 4.89. The van der Waals surface area contributed by atoms with Crippen LogP contribution in [0.4, 0.5) is 11.6 Å². The summed E-state index contributed by atoms with van der Waals surface area (Å²) in [5.74, 6) is 1.79. The maximum Gasteiger partial charge on any atom is 0.185 e. The number of nitrogen functional groups attached to an aromatic ring is 1. The van der Waals surface area contributed by atoms with Gasteiger partial charge in [-0.25, -0.2) is 4.98 Å². The van der Waals surface area contributed by atoms with E-state index in [1.165, 1.54) is 48.8 Å². The van der Waals surface area contributed by atoms with E-state index in [2.05, 4.69) is 50.3 Å². The van der Waals surface area contributed by atoms with Crippen LogP contribution < -0.4 is 10.6 Å². The van der Waals surface area contributed by atoms with Crippen LogP contribution in [0.25, 0.3) is 11.0 Å². The number of pyridine rings is 1. The highest BCUT2D eigenvalue weighted by atomic mass is 15.2. The highest BCUT2D eigenvalue weighted by Crippen LogP contribution is 2.35. The molecule has 0 spiro atoms. The molecular formula is C23H30N6. The molecule has 2 aliphatic heterocycles. The molecule has 0 bridgehead atoms. The van der Waals surface area contributed by atoms with Gasteiger partial charge in [0.2, 0.25) is 0 Å². The lowest BCUT2D eigenvalue weighted by molar-refractivity contribution is 0.246. The summed E-state index contributed by atoms with van der Waals surface area (Å²) in [6, 6.07) is 10.7. The first-order valence-electron chi connectivity index (χ1n) is 11.0. The molecule has 5 rings (SSSR count). The first kappa shape index (κ1) is 18.4. The van der Waals surface area contributed by atoms with E-state index in [4.69, 9.17) is 10.7 Å². The molecule has 1 fully saturated rings. The van der Waals surface area contributed by atoms with Crippen molar-refractivity contribution in [3.63, 3.8) is 0 Å². The van der Waals surface area contributed by atoms with Gasteiger partial charge in [-0.15, -0.1) is 0 Å². The number of hydrogen-bond acceptors (Lipinski definition) is 5. The number of fused-ring (bicyclic) bond motifs is 3. The lowest BCUT2D eigenvalue weighted by atomic mass is 9.96. The van der Waals surface area contributed by atoms with Crippen molar-refractivity contribution in [2.75, 3.05) is 30.3 Å². The predicted octanol–water partition coefficient (Wildman–Crippen LogP) is 3.87. The maximum absolute atomic E-state index is 6.25. The Morgan fingerprint density at radius 3 is 2.48 bits per heavy atom. The minimum absolute atomic E-state index is 0.652. The summed E-state index contributed by atoms with van der Waals surface area (Å²) in [5, 5.41) is 8.41. The van der Waals surface area contributed by atoms with Crippen LogP contribution in [0.15, 0.2) is 30.3 Å². The highest BCUT2D eigenvalue weighted by molar-refractivity contribution is 5.92. The Morgan fingerprint density at radius 2 is 1.69 bits per heavy atom. The van der Waals surface area contributed by atoms with Crippen molar-refractivity contribution in [2.45, 2.75) is 51.6 Å². The zero-order valence-electron chi connectivity index (χ0n) is 17.0. The molecule has 0 saturated carbocycles. The number of nitrogens with zero attached hydrogens (tertiary/aromatic N) is 4. The van der Waals surface area contributed by atoms with Crippen molar-refractivity contribution in [1.29, 1.82) is 0 Å². The summed E-state index contributed by atoms with van der Waals surface area (Å²) in [6.45, 7) is 5.10. The fraction of sp³-hybridized carbons (Fsp3) is 0.478. The smallest absolute Gasteiger partial charge is 0.185 e. The molecule has 0 amide bonds. The number of rotatable bonds is 3. The van der Waals surface area contributed by atoms with Crippen LogP contribution in [-0.4, -0.2) is 39.7 Å². The third-order valence-electron chi connectivity index (χ3n) is 6.39. The van der Waals surface area contributed by atoms with Gasteiger partial charge >= 0.3 is 0 Å². The van der Waals surface area contributed by atoms with Gasteiger partial charge in [0.05, 0.1) is 5.39 Å². The fourth-order valence-corrected chi connectivity index (χ4v) is 4.89. The van der Waals surface area contributed by atoms with Crippen molar-refractivity contribution in [2.24, 2.45) is 0 Å². The van der Waals surface area contributed by atoms with E-state index in [1.807, 2.05) is 0 Å². The van der Waals surface area contributed by atoms with Crippen molar-refractivity contribution in [3.05, 3.63) is 47.0 Å². The summed E-state index contributed by atoms with van der Waals surface area (Å²) >= 11 is 0. The molecule has 1 saturated heterocycles. The van der Waals surface area contributed by atoms with Crippen LogP contribution in [-0.2, 0) is 19.5 Å². The van der Waals surface area contributed by atoms with Crippen LogP contribution in [0.5, 0.6) is 0 Å². The van der Waals surface area contributed by atoms with Gasteiger partial charge in [-0.1, -0.05) is 49.6 Å². The average molecular weight is 391 g/mol. The second kappa shape index (κ2) is 8.03. The minimum Gasteiger partial charge on any atom is -0.384 e.